The van der Waals surface area contributed by atoms with E-state index in [1.165, 1.54) is 0 Å². The van der Waals surface area contributed by atoms with Crippen LogP contribution in [0.5, 0.6) is 0 Å². The molecule has 0 fully saturated rings. The molecule has 0 aliphatic heterocycles. The molecule has 0 atom stereocenters. The van der Waals surface area contributed by atoms with Crippen molar-refractivity contribution in [2.75, 3.05) is 17.7 Å². The molecule has 2 N–H and O–H groups in total. The van der Waals surface area contributed by atoms with Crippen LogP contribution in [0.4, 0.5) is 11.5 Å². The van der Waals surface area contributed by atoms with Crippen molar-refractivity contribution in [2.24, 2.45) is 0 Å². The summed E-state index contributed by atoms with van der Waals surface area (Å²) in [4.78, 5) is 16.4. The lowest BCUT2D eigenvalue weighted by molar-refractivity contribution is 0.102. The van der Waals surface area contributed by atoms with Gasteiger partial charge in [0.05, 0.1) is 10.7 Å². The molecule has 0 saturated heterocycles. The van der Waals surface area contributed by atoms with Crippen LogP contribution < -0.4 is 10.6 Å². The van der Waals surface area contributed by atoms with E-state index in [4.69, 9.17) is 11.6 Å². The highest BCUT2D eigenvalue weighted by Crippen LogP contribution is 2.27. The zero-order valence-electron chi connectivity index (χ0n) is 10.4. The minimum atomic E-state index is -0.366. The third-order valence-corrected chi connectivity index (χ3v) is 3.95. The first kappa shape index (κ1) is 15.3. The number of nitrogens with one attached hydrogen (secondary N) is 2. The van der Waals surface area contributed by atoms with E-state index in [-0.39, 0.29) is 11.6 Å². The molecular weight excluding hydrogens is 409 g/mol. The Bertz CT molecular complexity index is 664. The number of rotatable bonds is 3. The van der Waals surface area contributed by atoms with Gasteiger partial charge in [-0.15, -0.1) is 0 Å². The van der Waals surface area contributed by atoms with Gasteiger partial charge in [-0.1, -0.05) is 27.5 Å². The molecule has 0 spiro atoms. The largest absolute Gasteiger partial charge is 0.373 e. The van der Waals surface area contributed by atoms with E-state index in [0.717, 1.165) is 8.95 Å². The summed E-state index contributed by atoms with van der Waals surface area (Å²) in [7, 11) is 1.73. The number of hydrogen-bond donors (Lipinski definition) is 2. The van der Waals surface area contributed by atoms with Crippen LogP contribution in [0.25, 0.3) is 0 Å². The summed E-state index contributed by atoms with van der Waals surface area (Å²) in [6.07, 6.45) is 0. The molecular formula is C13H10Br2ClN3O. The molecule has 1 heterocycles. The second kappa shape index (κ2) is 6.56. The maximum absolute atomic E-state index is 12.2. The van der Waals surface area contributed by atoms with Crippen molar-refractivity contribution >= 4 is 60.9 Å². The van der Waals surface area contributed by atoms with E-state index in [2.05, 4.69) is 47.5 Å². The Morgan fingerprint density at radius 1 is 1.25 bits per heavy atom. The lowest BCUT2D eigenvalue weighted by atomic mass is 10.3. The molecule has 0 aliphatic rings. The van der Waals surface area contributed by atoms with Crippen LogP contribution in [0.1, 0.15) is 10.5 Å². The van der Waals surface area contributed by atoms with Crippen molar-refractivity contribution in [1.82, 2.24) is 4.98 Å². The number of hydrogen-bond acceptors (Lipinski definition) is 3. The van der Waals surface area contributed by atoms with E-state index < -0.39 is 0 Å². The quantitative estimate of drug-likeness (QED) is 0.767. The van der Waals surface area contributed by atoms with E-state index >= 15 is 0 Å². The Kier molecular flexibility index (Phi) is 5.01. The van der Waals surface area contributed by atoms with Crippen molar-refractivity contribution < 1.29 is 4.79 Å². The molecule has 7 heteroatoms. The number of benzene rings is 1. The molecule has 0 radical (unpaired) electrons. The van der Waals surface area contributed by atoms with Gasteiger partial charge in [-0.25, -0.2) is 4.98 Å². The fraction of sp³-hybridized carbons (Fsp3) is 0.0769. The number of halogens is 3. The van der Waals surface area contributed by atoms with Crippen LogP contribution in [0, 0.1) is 0 Å². The van der Waals surface area contributed by atoms with E-state index in [0.29, 0.717) is 16.5 Å². The summed E-state index contributed by atoms with van der Waals surface area (Å²) in [6, 6.07) is 8.79. The zero-order chi connectivity index (χ0) is 14.7. The molecule has 0 saturated carbocycles. The second-order valence-electron chi connectivity index (χ2n) is 3.86. The van der Waals surface area contributed by atoms with Crippen molar-refractivity contribution in [3.05, 3.63) is 50.0 Å². The molecule has 104 valence electrons. The number of carbonyl (C=O) groups excluding carboxylic acids is 1. The Morgan fingerprint density at radius 3 is 2.65 bits per heavy atom. The number of aromatic nitrogens is 1. The van der Waals surface area contributed by atoms with Gasteiger partial charge >= 0.3 is 0 Å². The third-order valence-electron chi connectivity index (χ3n) is 2.50. The van der Waals surface area contributed by atoms with Gasteiger partial charge in [0.15, 0.2) is 0 Å². The lowest BCUT2D eigenvalue weighted by Crippen LogP contribution is -2.15. The number of nitrogens with zero attached hydrogens (tertiary/aromatic N) is 1. The third kappa shape index (κ3) is 3.50. The molecule has 1 aromatic heterocycles. The SMILES string of the molecule is CNc1ccc(Cl)c(C(=O)Nc2ccc(Br)cc2Br)n1. The van der Waals surface area contributed by atoms with Gasteiger partial charge in [-0.3, -0.25) is 4.79 Å². The maximum atomic E-state index is 12.2. The first-order valence-corrected chi connectivity index (χ1v) is 7.58. The van der Waals surface area contributed by atoms with E-state index in [1.54, 1.807) is 25.2 Å². The van der Waals surface area contributed by atoms with Gasteiger partial charge < -0.3 is 10.6 Å². The summed E-state index contributed by atoms with van der Waals surface area (Å²) in [5, 5.41) is 5.93. The first-order chi connectivity index (χ1) is 9.51. The van der Waals surface area contributed by atoms with Crippen molar-refractivity contribution in [3.63, 3.8) is 0 Å². The first-order valence-electron chi connectivity index (χ1n) is 5.62. The van der Waals surface area contributed by atoms with Gasteiger partial charge in [-0.05, 0) is 46.3 Å². The molecule has 4 nitrogen and oxygen atoms in total. The predicted octanol–water partition coefficient (Wildman–Crippen LogP) is 4.55. The van der Waals surface area contributed by atoms with Gasteiger partial charge in [0.25, 0.3) is 5.91 Å². The molecule has 0 bridgehead atoms. The number of carbonyl (C=O) groups is 1. The minimum absolute atomic E-state index is 0.174. The van der Waals surface area contributed by atoms with Gasteiger partial charge in [0.2, 0.25) is 0 Å². The number of amides is 1. The molecule has 2 rings (SSSR count). The second-order valence-corrected chi connectivity index (χ2v) is 6.03. The van der Waals surface area contributed by atoms with E-state index in [9.17, 15) is 4.79 Å². The van der Waals surface area contributed by atoms with Gasteiger partial charge in [0.1, 0.15) is 11.5 Å². The number of pyridine rings is 1. The van der Waals surface area contributed by atoms with Gasteiger partial charge in [-0.2, -0.15) is 0 Å². The number of anilines is 2. The minimum Gasteiger partial charge on any atom is -0.373 e. The summed E-state index contributed by atoms with van der Waals surface area (Å²) in [5.74, 6) is 0.213. The fourth-order valence-electron chi connectivity index (χ4n) is 1.51. The zero-order valence-corrected chi connectivity index (χ0v) is 14.3. The molecule has 1 aromatic carbocycles. The fourth-order valence-corrected chi connectivity index (χ4v) is 2.85. The van der Waals surface area contributed by atoms with Crippen LogP contribution in [-0.2, 0) is 0 Å². The smallest absolute Gasteiger partial charge is 0.275 e. The van der Waals surface area contributed by atoms with Crippen LogP contribution in [-0.4, -0.2) is 17.9 Å². The maximum Gasteiger partial charge on any atom is 0.275 e. The summed E-state index contributed by atoms with van der Waals surface area (Å²) >= 11 is 12.7. The summed E-state index contributed by atoms with van der Waals surface area (Å²) in [5.41, 5.74) is 0.819. The normalized spacial score (nSPS) is 10.2. The topological polar surface area (TPSA) is 54.0 Å². The van der Waals surface area contributed by atoms with Crippen LogP contribution in [0.15, 0.2) is 39.3 Å². The highest BCUT2D eigenvalue weighted by atomic mass is 79.9. The highest BCUT2D eigenvalue weighted by Gasteiger charge is 2.14. The Balaban J connectivity index is 2.28. The molecule has 0 unspecified atom stereocenters. The Hall–Kier alpha value is -1.11. The average Bonchev–Trinajstić information content (AvgIpc) is 2.42. The van der Waals surface area contributed by atoms with Crippen LogP contribution >= 0.6 is 43.5 Å². The Morgan fingerprint density at radius 2 is 2.00 bits per heavy atom. The van der Waals surface area contributed by atoms with Gasteiger partial charge in [0, 0.05) is 16.0 Å². The van der Waals surface area contributed by atoms with Crippen molar-refractivity contribution in [3.8, 4) is 0 Å². The Labute approximate surface area is 138 Å². The molecule has 0 aliphatic carbocycles. The molecule has 2 aromatic rings. The van der Waals surface area contributed by atoms with Crippen molar-refractivity contribution in [1.29, 1.82) is 0 Å². The molecule has 1 amide bonds. The standard InChI is InChI=1S/C13H10Br2ClN3O/c1-17-11-5-3-9(16)12(19-11)13(20)18-10-4-2-7(14)6-8(10)15/h2-6H,1H3,(H,17,19)(H,18,20). The predicted molar refractivity (Wildman–Crippen MR) is 88.6 cm³/mol. The van der Waals surface area contributed by atoms with E-state index in [1.807, 2.05) is 12.1 Å². The highest BCUT2D eigenvalue weighted by molar-refractivity contribution is 9.11. The summed E-state index contributed by atoms with van der Waals surface area (Å²) < 4.78 is 1.68. The lowest BCUT2D eigenvalue weighted by Gasteiger charge is -2.09. The van der Waals surface area contributed by atoms with Crippen LogP contribution in [0.3, 0.4) is 0 Å². The molecule has 20 heavy (non-hydrogen) atoms. The van der Waals surface area contributed by atoms with Crippen molar-refractivity contribution in [2.45, 2.75) is 0 Å². The summed E-state index contributed by atoms with van der Waals surface area (Å²) in [6.45, 7) is 0. The average molecular weight is 420 g/mol. The monoisotopic (exact) mass is 417 g/mol. The van der Waals surface area contributed by atoms with Crippen LogP contribution in [0.2, 0.25) is 5.02 Å².